The van der Waals surface area contributed by atoms with E-state index in [0.717, 1.165) is 60.1 Å². The van der Waals surface area contributed by atoms with Crippen LogP contribution in [0.3, 0.4) is 0 Å². The van der Waals surface area contributed by atoms with Crippen molar-refractivity contribution in [3.8, 4) is 22.8 Å². The van der Waals surface area contributed by atoms with Gasteiger partial charge >= 0.3 is 0 Å². The van der Waals surface area contributed by atoms with Gasteiger partial charge < -0.3 is 29.0 Å². The molecule has 0 amide bonds. The number of Topliss-reactive ketones (excluding diaryl/α,β-unsaturated/α-hetero) is 2. The van der Waals surface area contributed by atoms with Crippen LogP contribution in [0.1, 0.15) is 114 Å². The van der Waals surface area contributed by atoms with Crippen LogP contribution in [0.2, 0.25) is 0 Å². The van der Waals surface area contributed by atoms with Crippen molar-refractivity contribution in [2.45, 2.75) is 114 Å². The van der Waals surface area contributed by atoms with Gasteiger partial charge in [0.2, 0.25) is 0 Å². The third kappa shape index (κ3) is 9.91. The minimum atomic E-state index is -1.24. The molecule has 2 unspecified atom stereocenters. The lowest BCUT2D eigenvalue weighted by molar-refractivity contribution is -0.119. The lowest BCUT2D eigenvalue weighted by atomic mass is 10.1. The second-order valence-corrected chi connectivity index (χ2v) is 13.9. The van der Waals surface area contributed by atoms with E-state index < -0.39 is 23.1 Å². The number of H-pyrrole nitrogens is 2. The molecule has 12 nitrogen and oxygen atoms in total. The number of rotatable bonds is 19. The summed E-state index contributed by atoms with van der Waals surface area (Å²) in [4.78, 5) is 66.4. The predicted molar refractivity (Wildman–Crippen MR) is 184 cm³/mol. The van der Waals surface area contributed by atoms with Crippen molar-refractivity contribution < 1.29 is 28.6 Å². The van der Waals surface area contributed by atoms with Gasteiger partial charge in [-0.3, -0.25) is 19.2 Å². The minimum absolute atomic E-state index is 0.149. The van der Waals surface area contributed by atoms with Gasteiger partial charge in [-0.15, -0.1) is 0 Å². The van der Waals surface area contributed by atoms with Gasteiger partial charge in [0, 0.05) is 49.2 Å². The van der Waals surface area contributed by atoms with Crippen molar-refractivity contribution >= 4 is 33.2 Å². The number of nitrogens with zero attached hydrogens (tertiary/aromatic N) is 2. The number of oxazole rings is 2. The summed E-state index contributed by atoms with van der Waals surface area (Å²) >= 11 is 0. The summed E-state index contributed by atoms with van der Waals surface area (Å²) in [5, 5.41) is 21.4. The first-order valence-electron chi connectivity index (χ1n) is 16.1. The Bertz CT molecular complexity index is 1690. The van der Waals surface area contributed by atoms with Crippen LogP contribution in [0.4, 0.5) is 0 Å². The maximum absolute atomic E-state index is 13.6. The lowest BCUT2D eigenvalue weighted by Crippen LogP contribution is -2.15. The highest BCUT2D eigenvalue weighted by molar-refractivity contribution is 8.76. The van der Waals surface area contributed by atoms with Crippen LogP contribution in [0.5, 0.6) is 0 Å². The van der Waals surface area contributed by atoms with E-state index in [-0.39, 0.29) is 57.0 Å². The van der Waals surface area contributed by atoms with E-state index in [0.29, 0.717) is 36.0 Å². The van der Waals surface area contributed by atoms with Gasteiger partial charge in [-0.05, 0) is 48.3 Å². The summed E-state index contributed by atoms with van der Waals surface area (Å²) in [6, 6.07) is 2.46. The van der Waals surface area contributed by atoms with Gasteiger partial charge in [0.05, 0.1) is 21.2 Å². The molecular formula is C34H42N4O8S2. The maximum atomic E-state index is 13.6. The van der Waals surface area contributed by atoms with E-state index in [1.807, 2.05) is 0 Å². The van der Waals surface area contributed by atoms with Crippen molar-refractivity contribution in [1.29, 1.82) is 0 Å². The fourth-order valence-corrected chi connectivity index (χ4v) is 7.42. The van der Waals surface area contributed by atoms with Crippen LogP contribution < -0.4 is 10.9 Å². The van der Waals surface area contributed by atoms with Crippen LogP contribution in [-0.4, -0.2) is 41.7 Å². The van der Waals surface area contributed by atoms with Crippen LogP contribution >= 0.6 is 21.6 Å². The highest BCUT2D eigenvalue weighted by Crippen LogP contribution is 2.42. The van der Waals surface area contributed by atoms with Gasteiger partial charge in [-0.25, -0.2) is 9.97 Å². The molecule has 0 saturated carbocycles. The summed E-state index contributed by atoms with van der Waals surface area (Å²) in [7, 11) is 2.01. The number of pyridine rings is 2. The number of aromatic nitrogens is 4. The van der Waals surface area contributed by atoms with E-state index in [1.165, 1.54) is 38.5 Å². The molecule has 14 heteroatoms. The smallest absolute Gasteiger partial charge is 0.197 e. The predicted octanol–water partition coefficient (Wildman–Crippen LogP) is 6.66. The largest absolute Gasteiger partial charge is 0.448 e. The van der Waals surface area contributed by atoms with Crippen LogP contribution in [0, 0.1) is 0 Å². The van der Waals surface area contributed by atoms with E-state index in [2.05, 4.69) is 33.8 Å². The first kappa shape index (κ1) is 37.1. The number of nitrogens with one attached hydrogen (secondary N) is 2. The average molecular weight is 699 g/mol. The molecule has 4 heterocycles. The number of carbonyl (C=O) groups excluding carboxylic acids is 2. The minimum Gasteiger partial charge on any atom is -0.448 e. The van der Waals surface area contributed by atoms with Crippen molar-refractivity contribution in [3.63, 3.8) is 0 Å². The third-order valence-electron chi connectivity index (χ3n) is 7.51. The molecule has 258 valence electrons. The molecule has 0 bridgehead atoms. The van der Waals surface area contributed by atoms with Gasteiger partial charge in [-0.2, -0.15) is 0 Å². The third-order valence-corrected chi connectivity index (χ3v) is 9.98. The second kappa shape index (κ2) is 17.6. The second-order valence-electron chi connectivity index (χ2n) is 11.8. The molecule has 0 fully saturated rings. The molecule has 2 atom stereocenters. The van der Waals surface area contributed by atoms with E-state index in [1.54, 1.807) is 0 Å². The summed E-state index contributed by atoms with van der Waals surface area (Å²) in [5.74, 6) is 0.501. The number of unbranched alkanes of at least 4 members (excludes halogenated alkanes) is 4. The Kier molecular flexibility index (Phi) is 13.6. The molecule has 0 aliphatic rings. The highest BCUT2D eigenvalue weighted by Gasteiger charge is 2.24. The Balaban J connectivity index is 1.76. The SMILES string of the molecule is CCCCCc1nc(-c2[nH]c(C(O)CC(C)=O)cc(=O)c2SSc2c(-c3coc(CCCCC)n3)[nH]c(C(O)CC(C)=O)cc2=O)co1. The van der Waals surface area contributed by atoms with E-state index in [4.69, 9.17) is 8.83 Å². The standard InChI is InChI=1S/C34H42N4O8S2/c1-5-7-9-11-29-35-23(17-45-29)31-33(27(43)15-21(37-31)25(41)13-19(3)39)47-48-34-28(44)16-22(26(42)14-20(4)40)38-32(34)24-18-46-30(36-24)12-10-8-6-2/h15-18,25-26,41-42H,5-14H2,1-4H3,(H,37,43)(H,38,44). The zero-order valence-corrected chi connectivity index (χ0v) is 29.2. The monoisotopic (exact) mass is 698 g/mol. The molecule has 48 heavy (non-hydrogen) atoms. The molecule has 0 aliphatic carbocycles. The van der Waals surface area contributed by atoms with E-state index >= 15 is 0 Å². The summed E-state index contributed by atoms with van der Waals surface area (Å²) in [6.07, 6.45) is 7.08. The van der Waals surface area contributed by atoms with Crippen LogP contribution in [0.25, 0.3) is 22.8 Å². The molecule has 4 aromatic rings. The quantitative estimate of drug-likeness (QED) is 0.0602. The first-order valence-corrected chi connectivity index (χ1v) is 18.3. The summed E-state index contributed by atoms with van der Waals surface area (Å²) < 4.78 is 11.4. The topological polar surface area (TPSA) is 192 Å². The molecular weight excluding hydrogens is 657 g/mol. The zero-order chi connectivity index (χ0) is 34.8. The summed E-state index contributed by atoms with van der Waals surface area (Å²) in [5.41, 5.74) is 0.600. The first-order chi connectivity index (χ1) is 23.0. The van der Waals surface area contributed by atoms with Crippen molar-refractivity contribution in [2.24, 2.45) is 0 Å². The fourth-order valence-electron chi connectivity index (χ4n) is 5.00. The molecule has 0 aliphatic heterocycles. The van der Waals surface area contributed by atoms with Gasteiger partial charge in [-0.1, -0.05) is 39.5 Å². The molecule has 4 aromatic heterocycles. The number of aromatic amines is 2. The molecule has 0 aromatic carbocycles. The fraction of sp³-hybridized carbons (Fsp3) is 0.471. The van der Waals surface area contributed by atoms with E-state index in [9.17, 15) is 29.4 Å². The van der Waals surface area contributed by atoms with Crippen LogP contribution in [0.15, 0.2) is 52.9 Å². The summed E-state index contributed by atoms with van der Waals surface area (Å²) in [6.45, 7) is 6.90. The van der Waals surface area contributed by atoms with Crippen LogP contribution in [-0.2, 0) is 22.4 Å². The number of carbonyl (C=O) groups is 2. The van der Waals surface area contributed by atoms with Crippen molar-refractivity contribution in [1.82, 2.24) is 19.9 Å². The number of ketones is 2. The Morgan fingerprint density at radius 2 is 1.12 bits per heavy atom. The Morgan fingerprint density at radius 1 is 0.729 bits per heavy atom. The van der Waals surface area contributed by atoms with Crippen molar-refractivity contribution in [3.05, 3.63) is 68.3 Å². The Labute approximate surface area is 286 Å². The maximum Gasteiger partial charge on any atom is 0.197 e. The number of aryl methyl sites for hydroxylation is 2. The number of aliphatic hydroxyl groups is 2. The van der Waals surface area contributed by atoms with Gasteiger partial charge in [0.1, 0.15) is 47.7 Å². The average Bonchev–Trinajstić information content (AvgIpc) is 3.70. The Hall–Kier alpha value is -3.72. The van der Waals surface area contributed by atoms with Crippen molar-refractivity contribution in [2.75, 3.05) is 0 Å². The lowest BCUT2D eigenvalue weighted by Gasteiger charge is -2.15. The number of hydrogen-bond acceptors (Lipinski definition) is 12. The molecule has 0 spiro atoms. The zero-order valence-electron chi connectivity index (χ0n) is 27.6. The molecule has 4 N–H and O–H groups in total. The molecule has 0 saturated heterocycles. The molecule has 4 rings (SSSR count). The van der Waals surface area contributed by atoms with Gasteiger partial charge in [0.15, 0.2) is 22.6 Å². The number of hydrogen-bond donors (Lipinski definition) is 4. The normalized spacial score (nSPS) is 12.7. The Morgan fingerprint density at radius 3 is 1.48 bits per heavy atom. The van der Waals surface area contributed by atoms with Gasteiger partial charge in [0.25, 0.3) is 0 Å². The molecule has 0 radical (unpaired) electrons. The highest BCUT2D eigenvalue weighted by atomic mass is 33.1. The number of aliphatic hydroxyl groups excluding tert-OH is 2.